The number of benzene rings is 1. The van der Waals surface area contributed by atoms with Crippen LogP contribution in [0.4, 0.5) is 0 Å². The molecule has 0 bridgehead atoms. The summed E-state index contributed by atoms with van der Waals surface area (Å²) in [6, 6.07) is 9.33. The van der Waals surface area contributed by atoms with Gasteiger partial charge in [0.05, 0.1) is 12.8 Å². The standard InChI is InChI=1S/C16H17N3O3/c1-10-7-13(22-19-10)5-6-17-16(20)15-8-11-3-4-12(21-2)9-14(11)18-15/h3-4,7-9,18H,5-6H2,1-2H3,(H,17,20). The molecule has 114 valence electrons. The second-order valence-corrected chi connectivity index (χ2v) is 5.08. The van der Waals surface area contributed by atoms with Gasteiger partial charge in [0.1, 0.15) is 17.2 Å². The molecule has 22 heavy (non-hydrogen) atoms. The Morgan fingerprint density at radius 2 is 2.23 bits per heavy atom. The maximum Gasteiger partial charge on any atom is 0.267 e. The van der Waals surface area contributed by atoms with Gasteiger partial charge in [0.15, 0.2) is 0 Å². The van der Waals surface area contributed by atoms with Crippen molar-refractivity contribution in [2.45, 2.75) is 13.3 Å². The van der Waals surface area contributed by atoms with Gasteiger partial charge >= 0.3 is 0 Å². The molecule has 2 N–H and O–H groups in total. The molecule has 1 aromatic carbocycles. The number of methoxy groups -OCH3 is 1. The number of fused-ring (bicyclic) bond motifs is 1. The Labute approximate surface area is 127 Å². The Morgan fingerprint density at radius 1 is 1.36 bits per heavy atom. The highest BCUT2D eigenvalue weighted by atomic mass is 16.5. The van der Waals surface area contributed by atoms with Crippen molar-refractivity contribution in [3.05, 3.63) is 47.5 Å². The number of ether oxygens (including phenoxy) is 1. The smallest absolute Gasteiger partial charge is 0.267 e. The SMILES string of the molecule is COc1ccc2cc(C(=O)NCCc3cc(C)no3)[nH]c2c1. The number of aryl methyl sites for hydroxylation is 1. The lowest BCUT2D eigenvalue weighted by molar-refractivity contribution is 0.0949. The first kappa shape index (κ1) is 14.2. The third kappa shape index (κ3) is 2.95. The maximum atomic E-state index is 12.1. The average Bonchev–Trinajstić information content (AvgIpc) is 3.12. The fourth-order valence-electron chi connectivity index (χ4n) is 2.28. The summed E-state index contributed by atoms with van der Waals surface area (Å²) >= 11 is 0. The number of nitrogens with one attached hydrogen (secondary N) is 2. The Balaban J connectivity index is 1.64. The van der Waals surface area contributed by atoms with Crippen molar-refractivity contribution < 1.29 is 14.1 Å². The van der Waals surface area contributed by atoms with Gasteiger partial charge in [-0.2, -0.15) is 0 Å². The van der Waals surface area contributed by atoms with Gasteiger partial charge in [-0.3, -0.25) is 4.79 Å². The van der Waals surface area contributed by atoms with Crippen LogP contribution in [0.25, 0.3) is 10.9 Å². The molecule has 2 heterocycles. The predicted molar refractivity (Wildman–Crippen MR) is 82.1 cm³/mol. The van der Waals surface area contributed by atoms with Crippen LogP contribution in [0.3, 0.4) is 0 Å². The molecule has 0 spiro atoms. The molecule has 2 aromatic heterocycles. The maximum absolute atomic E-state index is 12.1. The second-order valence-electron chi connectivity index (χ2n) is 5.08. The van der Waals surface area contributed by atoms with Gasteiger partial charge in [0.25, 0.3) is 5.91 Å². The van der Waals surface area contributed by atoms with E-state index in [1.165, 1.54) is 0 Å². The Kier molecular flexibility index (Phi) is 3.82. The molecule has 3 rings (SSSR count). The highest BCUT2D eigenvalue weighted by Crippen LogP contribution is 2.21. The number of amides is 1. The highest BCUT2D eigenvalue weighted by Gasteiger charge is 2.10. The number of hydrogen-bond acceptors (Lipinski definition) is 4. The van der Waals surface area contributed by atoms with Crippen molar-refractivity contribution in [1.82, 2.24) is 15.5 Å². The summed E-state index contributed by atoms with van der Waals surface area (Å²) in [4.78, 5) is 15.2. The van der Waals surface area contributed by atoms with Gasteiger partial charge in [-0.1, -0.05) is 5.16 Å². The van der Waals surface area contributed by atoms with Crippen LogP contribution in [-0.2, 0) is 6.42 Å². The average molecular weight is 299 g/mol. The van der Waals surface area contributed by atoms with E-state index >= 15 is 0 Å². The third-order valence-corrected chi connectivity index (χ3v) is 3.41. The largest absolute Gasteiger partial charge is 0.497 e. The summed E-state index contributed by atoms with van der Waals surface area (Å²) < 4.78 is 10.3. The summed E-state index contributed by atoms with van der Waals surface area (Å²) in [7, 11) is 1.61. The normalized spacial score (nSPS) is 10.8. The first-order valence-corrected chi connectivity index (χ1v) is 7.03. The van der Waals surface area contributed by atoms with Gasteiger partial charge in [-0.25, -0.2) is 0 Å². The number of carbonyl (C=O) groups excluding carboxylic acids is 1. The first-order chi connectivity index (χ1) is 10.7. The molecular formula is C16H17N3O3. The van der Waals surface area contributed by atoms with Crippen LogP contribution in [0, 0.1) is 6.92 Å². The lowest BCUT2D eigenvalue weighted by atomic mass is 10.2. The fourth-order valence-corrected chi connectivity index (χ4v) is 2.28. The molecular weight excluding hydrogens is 282 g/mol. The van der Waals surface area contributed by atoms with Crippen molar-refractivity contribution >= 4 is 16.8 Å². The molecule has 0 unspecified atom stereocenters. The minimum Gasteiger partial charge on any atom is -0.497 e. The zero-order valence-electron chi connectivity index (χ0n) is 12.5. The summed E-state index contributed by atoms with van der Waals surface area (Å²) in [5.41, 5.74) is 2.23. The van der Waals surface area contributed by atoms with Gasteiger partial charge < -0.3 is 19.6 Å². The number of rotatable bonds is 5. The van der Waals surface area contributed by atoms with E-state index < -0.39 is 0 Å². The molecule has 0 saturated carbocycles. The molecule has 3 aromatic rings. The molecule has 0 saturated heterocycles. The van der Waals surface area contributed by atoms with E-state index in [9.17, 15) is 4.79 Å². The van der Waals surface area contributed by atoms with Crippen molar-refractivity contribution in [2.75, 3.05) is 13.7 Å². The van der Waals surface area contributed by atoms with Crippen LogP contribution in [0.5, 0.6) is 5.75 Å². The van der Waals surface area contributed by atoms with Gasteiger partial charge in [-0.15, -0.1) is 0 Å². The van der Waals surface area contributed by atoms with Gasteiger partial charge in [0, 0.05) is 36.0 Å². The number of aromatic amines is 1. The molecule has 6 nitrogen and oxygen atoms in total. The Bertz CT molecular complexity index is 804. The Hall–Kier alpha value is -2.76. The minimum absolute atomic E-state index is 0.147. The topological polar surface area (TPSA) is 80.2 Å². The second kappa shape index (κ2) is 5.93. The first-order valence-electron chi connectivity index (χ1n) is 7.03. The van der Waals surface area contributed by atoms with E-state index in [1.54, 1.807) is 7.11 Å². The summed E-state index contributed by atoms with van der Waals surface area (Å²) in [5, 5.41) is 7.64. The fraction of sp³-hybridized carbons (Fsp3) is 0.250. The van der Waals surface area contributed by atoms with E-state index in [0.717, 1.165) is 28.1 Å². The molecule has 0 aliphatic rings. The molecule has 0 fully saturated rings. The van der Waals surface area contributed by atoms with Crippen molar-refractivity contribution in [2.24, 2.45) is 0 Å². The van der Waals surface area contributed by atoms with E-state index in [1.807, 2.05) is 37.3 Å². The lowest BCUT2D eigenvalue weighted by Gasteiger charge is -2.01. The number of H-pyrrole nitrogens is 1. The quantitative estimate of drug-likeness (QED) is 0.758. The van der Waals surface area contributed by atoms with Crippen LogP contribution in [0.15, 0.2) is 34.9 Å². The molecule has 0 atom stereocenters. The van der Waals surface area contributed by atoms with Crippen LogP contribution in [0.1, 0.15) is 21.9 Å². The lowest BCUT2D eigenvalue weighted by Crippen LogP contribution is -2.25. The van der Waals surface area contributed by atoms with E-state index in [2.05, 4.69) is 15.5 Å². The summed E-state index contributed by atoms with van der Waals surface area (Å²) in [6.07, 6.45) is 0.612. The van der Waals surface area contributed by atoms with Crippen molar-refractivity contribution in [1.29, 1.82) is 0 Å². The summed E-state index contributed by atoms with van der Waals surface area (Å²) in [5.74, 6) is 1.37. The molecule has 1 amide bonds. The van der Waals surface area contributed by atoms with Gasteiger partial charge in [0.2, 0.25) is 0 Å². The minimum atomic E-state index is -0.147. The molecule has 0 radical (unpaired) electrons. The van der Waals surface area contributed by atoms with E-state index in [4.69, 9.17) is 9.26 Å². The van der Waals surface area contributed by atoms with E-state index in [0.29, 0.717) is 18.7 Å². The number of hydrogen-bond donors (Lipinski definition) is 2. The number of nitrogens with zero attached hydrogens (tertiary/aromatic N) is 1. The number of carbonyl (C=O) groups is 1. The monoisotopic (exact) mass is 299 g/mol. The van der Waals surface area contributed by atoms with Crippen LogP contribution in [0.2, 0.25) is 0 Å². The molecule has 0 aliphatic heterocycles. The number of aromatic nitrogens is 2. The van der Waals surface area contributed by atoms with Crippen molar-refractivity contribution in [3.63, 3.8) is 0 Å². The summed E-state index contributed by atoms with van der Waals surface area (Å²) in [6.45, 7) is 2.36. The zero-order chi connectivity index (χ0) is 15.5. The van der Waals surface area contributed by atoms with Gasteiger partial charge in [-0.05, 0) is 25.1 Å². The van der Waals surface area contributed by atoms with Crippen LogP contribution < -0.4 is 10.1 Å². The molecule has 6 heteroatoms. The third-order valence-electron chi connectivity index (χ3n) is 3.41. The van der Waals surface area contributed by atoms with Crippen LogP contribution >= 0.6 is 0 Å². The van der Waals surface area contributed by atoms with E-state index in [-0.39, 0.29) is 5.91 Å². The zero-order valence-corrected chi connectivity index (χ0v) is 12.5. The van der Waals surface area contributed by atoms with Crippen molar-refractivity contribution in [3.8, 4) is 5.75 Å². The predicted octanol–water partition coefficient (Wildman–Crippen LogP) is 2.45. The Morgan fingerprint density at radius 3 is 2.95 bits per heavy atom. The molecule has 0 aliphatic carbocycles. The highest BCUT2D eigenvalue weighted by molar-refractivity contribution is 5.98. The van der Waals surface area contributed by atoms with Crippen LogP contribution in [-0.4, -0.2) is 29.7 Å².